The van der Waals surface area contributed by atoms with Crippen LogP contribution in [0.3, 0.4) is 0 Å². The van der Waals surface area contributed by atoms with Crippen molar-refractivity contribution in [2.45, 2.75) is 24.3 Å². The highest BCUT2D eigenvalue weighted by molar-refractivity contribution is 7.89. The van der Waals surface area contributed by atoms with Crippen molar-refractivity contribution in [3.05, 3.63) is 23.8 Å². The first-order valence-electron chi connectivity index (χ1n) is 6.14. The molecule has 1 heterocycles. The van der Waals surface area contributed by atoms with E-state index in [0.717, 1.165) is 16.4 Å². The molecule has 1 aromatic carbocycles. The Kier molecular flexibility index (Phi) is 3.66. The summed E-state index contributed by atoms with van der Waals surface area (Å²) in [5.74, 6) is -2.88. The summed E-state index contributed by atoms with van der Waals surface area (Å²) < 4.78 is 53.2. The molecule has 2 rings (SSSR count). The molecule has 1 aliphatic rings. The lowest BCUT2D eigenvalue weighted by Crippen LogP contribution is -2.63. The van der Waals surface area contributed by atoms with Crippen molar-refractivity contribution in [1.82, 2.24) is 9.62 Å². The van der Waals surface area contributed by atoms with Crippen molar-refractivity contribution < 1.29 is 22.0 Å². The average Bonchev–Trinajstić information content (AvgIpc) is 2.38. The Morgan fingerprint density at radius 2 is 1.95 bits per heavy atom. The van der Waals surface area contributed by atoms with Crippen LogP contribution >= 0.6 is 0 Å². The zero-order valence-electron chi connectivity index (χ0n) is 11.5. The van der Waals surface area contributed by atoms with Gasteiger partial charge in [-0.15, -0.1) is 0 Å². The van der Waals surface area contributed by atoms with Gasteiger partial charge in [0.1, 0.15) is 21.9 Å². The molecule has 1 saturated heterocycles. The van der Waals surface area contributed by atoms with Crippen LogP contribution in [-0.2, 0) is 14.8 Å². The van der Waals surface area contributed by atoms with Gasteiger partial charge < -0.3 is 11.1 Å². The first-order valence-corrected chi connectivity index (χ1v) is 7.58. The summed E-state index contributed by atoms with van der Waals surface area (Å²) in [5, 5.41) is 2.54. The summed E-state index contributed by atoms with van der Waals surface area (Å²) in [7, 11) is -4.32. The van der Waals surface area contributed by atoms with E-state index in [9.17, 15) is 22.0 Å². The highest BCUT2D eigenvalue weighted by atomic mass is 32.2. The predicted molar refractivity (Wildman–Crippen MR) is 71.8 cm³/mol. The number of nitrogens with two attached hydrogens (primary N) is 1. The normalized spacial score (nSPS) is 19.3. The molecule has 0 aliphatic carbocycles. The van der Waals surface area contributed by atoms with E-state index >= 15 is 0 Å². The summed E-state index contributed by atoms with van der Waals surface area (Å²) in [4.78, 5) is 11.1. The number of anilines is 1. The summed E-state index contributed by atoms with van der Waals surface area (Å²) in [5.41, 5.74) is 2.94. The lowest BCUT2D eigenvalue weighted by atomic mass is 10.0. The molecular weight excluding hydrogens is 304 g/mol. The van der Waals surface area contributed by atoms with Crippen LogP contribution in [0, 0.1) is 11.6 Å². The predicted octanol–water partition coefficient (Wildman–Crippen LogP) is 0.446. The van der Waals surface area contributed by atoms with Crippen molar-refractivity contribution >= 4 is 21.6 Å². The molecule has 0 bridgehead atoms. The summed E-state index contributed by atoms with van der Waals surface area (Å²) >= 11 is 0. The molecule has 3 N–H and O–H groups in total. The van der Waals surface area contributed by atoms with Gasteiger partial charge in [0.15, 0.2) is 5.82 Å². The molecule has 6 nitrogen and oxygen atoms in total. The van der Waals surface area contributed by atoms with Gasteiger partial charge in [-0.25, -0.2) is 17.2 Å². The maximum atomic E-state index is 14.0. The van der Waals surface area contributed by atoms with Crippen LogP contribution in [0.1, 0.15) is 13.8 Å². The molecule has 0 radical (unpaired) electrons. The van der Waals surface area contributed by atoms with Crippen LogP contribution in [0.2, 0.25) is 0 Å². The molecule has 0 spiro atoms. The van der Waals surface area contributed by atoms with E-state index in [2.05, 4.69) is 5.32 Å². The molecule has 0 saturated carbocycles. The molecule has 1 amide bonds. The van der Waals surface area contributed by atoms with E-state index in [4.69, 9.17) is 5.73 Å². The SMILES string of the molecule is CC1(C)C(=O)NCCN1S(=O)(=O)c1ccc(F)c(N)c1F. The molecule has 0 atom stereocenters. The van der Waals surface area contributed by atoms with Gasteiger partial charge in [0.05, 0.1) is 0 Å². The molecule has 1 aliphatic heterocycles. The standard InChI is InChI=1S/C12H15F2N3O3S/c1-12(2)11(18)16-5-6-17(12)21(19,20)8-4-3-7(13)10(15)9(8)14/h3-4H,5-6,15H2,1-2H3,(H,16,18). The Morgan fingerprint density at radius 1 is 1.33 bits per heavy atom. The van der Waals surface area contributed by atoms with Gasteiger partial charge in [0, 0.05) is 13.1 Å². The van der Waals surface area contributed by atoms with Crippen LogP contribution < -0.4 is 11.1 Å². The molecule has 116 valence electrons. The smallest absolute Gasteiger partial charge is 0.247 e. The number of hydrogen-bond acceptors (Lipinski definition) is 4. The maximum absolute atomic E-state index is 14.0. The fourth-order valence-electron chi connectivity index (χ4n) is 2.17. The van der Waals surface area contributed by atoms with Gasteiger partial charge in [0.2, 0.25) is 15.9 Å². The van der Waals surface area contributed by atoms with E-state index < -0.39 is 43.7 Å². The van der Waals surface area contributed by atoms with Crippen LogP contribution in [0.5, 0.6) is 0 Å². The monoisotopic (exact) mass is 319 g/mol. The van der Waals surface area contributed by atoms with Crippen LogP contribution in [0.4, 0.5) is 14.5 Å². The van der Waals surface area contributed by atoms with Crippen molar-refractivity contribution in [3.8, 4) is 0 Å². The Hall–Kier alpha value is -1.74. The number of piperazine rings is 1. The van der Waals surface area contributed by atoms with Crippen molar-refractivity contribution in [2.24, 2.45) is 0 Å². The topological polar surface area (TPSA) is 92.5 Å². The van der Waals surface area contributed by atoms with Gasteiger partial charge in [-0.3, -0.25) is 4.79 Å². The molecule has 0 aromatic heterocycles. The Balaban J connectivity index is 2.57. The molecular formula is C12H15F2N3O3S. The lowest BCUT2D eigenvalue weighted by Gasteiger charge is -2.39. The number of nitrogens with zero attached hydrogens (tertiary/aromatic N) is 1. The number of hydrogen-bond donors (Lipinski definition) is 2. The van der Waals surface area contributed by atoms with E-state index in [-0.39, 0.29) is 13.1 Å². The molecule has 0 unspecified atom stereocenters. The van der Waals surface area contributed by atoms with Gasteiger partial charge in [-0.05, 0) is 26.0 Å². The number of nitrogen functional groups attached to an aromatic ring is 1. The third-order valence-corrected chi connectivity index (χ3v) is 5.53. The number of sulfonamides is 1. The minimum atomic E-state index is -4.32. The van der Waals surface area contributed by atoms with Gasteiger partial charge >= 0.3 is 0 Å². The lowest BCUT2D eigenvalue weighted by molar-refractivity contribution is -0.131. The van der Waals surface area contributed by atoms with E-state index in [1.54, 1.807) is 0 Å². The first kappa shape index (κ1) is 15.6. The van der Waals surface area contributed by atoms with Crippen molar-refractivity contribution in [3.63, 3.8) is 0 Å². The second-order valence-corrected chi connectivity index (χ2v) is 7.00. The van der Waals surface area contributed by atoms with E-state index in [0.29, 0.717) is 0 Å². The van der Waals surface area contributed by atoms with Crippen LogP contribution in [-0.4, -0.2) is 37.3 Å². The second-order valence-electron chi connectivity index (χ2n) is 5.17. The largest absolute Gasteiger partial charge is 0.394 e. The third-order valence-electron chi connectivity index (χ3n) is 3.44. The van der Waals surface area contributed by atoms with Crippen molar-refractivity contribution in [1.29, 1.82) is 0 Å². The third kappa shape index (κ3) is 2.36. The fourth-order valence-corrected chi connectivity index (χ4v) is 4.00. The van der Waals surface area contributed by atoms with Crippen LogP contribution in [0.15, 0.2) is 17.0 Å². The number of rotatable bonds is 2. The van der Waals surface area contributed by atoms with Gasteiger partial charge in [0.25, 0.3) is 0 Å². The van der Waals surface area contributed by atoms with Gasteiger partial charge in [-0.1, -0.05) is 0 Å². The van der Waals surface area contributed by atoms with Gasteiger partial charge in [-0.2, -0.15) is 4.31 Å². The molecule has 1 fully saturated rings. The van der Waals surface area contributed by atoms with E-state index in [1.807, 2.05) is 0 Å². The number of halogens is 2. The number of carbonyl (C=O) groups excluding carboxylic acids is 1. The maximum Gasteiger partial charge on any atom is 0.247 e. The van der Waals surface area contributed by atoms with Crippen molar-refractivity contribution in [2.75, 3.05) is 18.8 Å². The number of nitrogens with one attached hydrogen (secondary N) is 1. The minimum absolute atomic E-state index is 0.0161. The number of benzene rings is 1. The highest BCUT2D eigenvalue weighted by Gasteiger charge is 2.45. The summed E-state index contributed by atoms with van der Waals surface area (Å²) in [6.45, 7) is 2.91. The Labute approximate surface area is 121 Å². The molecule has 21 heavy (non-hydrogen) atoms. The quantitative estimate of drug-likeness (QED) is 0.774. The Bertz CT molecular complexity index is 704. The summed E-state index contributed by atoms with van der Waals surface area (Å²) in [6, 6.07) is 1.58. The van der Waals surface area contributed by atoms with Crippen LogP contribution in [0.25, 0.3) is 0 Å². The zero-order valence-corrected chi connectivity index (χ0v) is 12.3. The van der Waals surface area contributed by atoms with E-state index in [1.165, 1.54) is 13.8 Å². The number of carbonyl (C=O) groups is 1. The highest BCUT2D eigenvalue weighted by Crippen LogP contribution is 2.30. The average molecular weight is 319 g/mol. The molecule has 1 aromatic rings. The zero-order chi connectivity index (χ0) is 16.0. The summed E-state index contributed by atoms with van der Waals surface area (Å²) in [6.07, 6.45) is 0. The molecule has 9 heteroatoms. The fraction of sp³-hybridized carbons (Fsp3) is 0.417. The first-order chi connectivity index (χ1) is 9.60. The minimum Gasteiger partial charge on any atom is -0.394 e. The Morgan fingerprint density at radius 3 is 2.57 bits per heavy atom. The second kappa shape index (κ2) is 4.92. The number of amides is 1.